The third-order valence-electron chi connectivity index (χ3n) is 3.62. The number of guanidine groups is 1. The molecule has 0 atom stereocenters. The lowest BCUT2D eigenvalue weighted by molar-refractivity contribution is -0.130. The van der Waals surface area contributed by atoms with Crippen molar-refractivity contribution in [2.45, 2.75) is 39.2 Å². The minimum atomic E-state index is 0. The van der Waals surface area contributed by atoms with E-state index in [2.05, 4.69) is 22.5 Å². The molecule has 0 unspecified atom stereocenters. The first-order valence-electron chi connectivity index (χ1n) is 8.39. The second kappa shape index (κ2) is 14.1. The number of halogens is 1. The van der Waals surface area contributed by atoms with Crippen LogP contribution >= 0.6 is 24.0 Å². The van der Waals surface area contributed by atoms with Gasteiger partial charge >= 0.3 is 0 Å². The van der Waals surface area contributed by atoms with Crippen molar-refractivity contribution in [3.63, 3.8) is 0 Å². The standard InChI is InChI=1S/C18H30N4O.HI/c1-4-5-9-13-20-18(19-2)21-14-12-17(23)22(3)15-16-10-7-6-8-11-16;/h6-8,10-11H,4-5,9,12-15H2,1-3H3,(H2,19,20,21);1H. The smallest absolute Gasteiger partial charge is 0.224 e. The van der Waals surface area contributed by atoms with Gasteiger partial charge in [-0.05, 0) is 12.0 Å². The molecule has 0 saturated heterocycles. The van der Waals surface area contributed by atoms with Crippen molar-refractivity contribution < 1.29 is 4.79 Å². The van der Waals surface area contributed by atoms with Crippen LogP contribution in [0.1, 0.15) is 38.2 Å². The van der Waals surface area contributed by atoms with Gasteiger partial charge in [0, 0.05) is 40.2 Å². The van der Waals surface area contributed by atoms with Gasteiger partial charge in [0.2, 0.25) is 5.91 Å². The maximum Gasteiger partial charge on any atom is 0.224 e. The Kier molecular flexibility index (Phi) is 13.3. The Hall–Kier alpha value is -1.31. The zero-order valence-corrected chi connectivity index (χ0v) is 17.4. The van der Waals surface area contributed by atoms with Crippen LogP contribution in [-0.4, -0.2) is 44.0 Å². The fourth-order valence-electron chi connectivity index (χ4n) is 2.23. The van der Waals surface area contributed by atoms with E-state index in [-0.39, 0.29) is 29.9 Å². The fourth-order valence-corrected chi connectivity index (χ4v) is 2.23. The molecular weight excluding hydrogens is 415 g/mol. The van der Waals surface area contributed by atoms with Crippen molar-refractivity contribution >= 4 is 35.8 Å². The van der Waals surface area contributed by atoms with Crippen molar-refractivity contribution in [2.24, 2.45) is 4.99 Å². The van der Waals surface area contributed by atoms with E-state index in [0.717, 1.165) is 24.5 Å². The highest BCUT2D eigenvalue weighted by atomic mass is 127. The summed E-state index contributed by atoms with van der Waals surface area (Å²) < 4.78 is 0. The molecule has 0 aromatic heterocycles. The highest BCUT2D eigenvalue weighted by Gasteiger charge is 2.09. The maximum absolute atomic E-state index is 12.1. The lowest BCUT2D eigenvalue weighted by atomic mass is 10.2. The third-order valence-corrected chi connectivity index (χ3v) is 3.62. The molecule has 136 valence electrons. The lowest BCUT2D eigenvalue weighted by Crippen LogP contribution is -2.39. The van der Waals surface area contributed by atoms with E-state index in [1.165, 1.54) is 12.8 Å². The van der Waals surface area contributed by atoms with Crippen LogP contribution in [0.15, 0.2) is 35.3 Å². The third kappa shape index (κ3) is 9.75. The van der Waals surface area contributed by atoms with E-state index >= 15 is 0 Å². The van der Waals surface area contributed by atoms with Gasteiger partial charge in [0.05, 0.1) is 0 Å². The molecule has 2 N–H and O–H groups in total. The Morgan fingerprint density at radius 1 is 1.12 bits per heavy atom. The Balaban J connectivity index is 0.00000529. The lowest BCUT2D eigenvalue weighted by Gasteiger charge is -2.18. The summed E-state index contributed by atoms with van der Waals surface area (Å²) in [7, 11) is 3.59. The van der Waals surface area contributed by atoms with E-state index in [9.17, 15) is 4.79 Å². The molecule has 1 amide bonds. The van der Waals surface area contributed by atoms with E-state index in [1.54, 1.807) is 11.9 Å². The average Bonchev–Trinajstić information content (AvgIpc) is 2.57. The molecule has 1 aromatic rings. The Morgan fingerprint density at radius 3 is 2.42 bits per heavy atom. The molecule has 0 bridgehead atoms. The number of hydrogen-bond acceptors (Lipinski definition) is 2. The molecule has 1 rings (SSSR count). The number of rotatable bonds is 9. The number of unbranched alkanes of at least 4 members (excludes halogenated alkanes) is 2. The number of amides is 1. The van der Waals surface area contributed by atoms with Crippen LogP contribution in [0.5, 0.6) is 0 Å². The van der Waals surface area contributed by atoms with Crippen LogP contribution in [0.25, 0.3) is 0 Å². The van der Waals surface area contributed by atoms with Gasteiger partial charge in [0.15, 0.2) is 5.96 Å². The van der Waals surface area contributed by atoms with Crippen LogP contribution in [0, 0.1) is 0 Å². The van der Waals surface area contributed by atoms with Crippen LogP contribution in [0.4, 0.5) is 0 Å². The number of carbonyl (C=O) groups excluding carboxylic acids is 1. The van der Waals surface area contributed by atoms with Gasteiger partial charge in [0.25, 0.3) is 0 Å². The highest BCUT2D eigenvalue weighted by Crippen LogP contribution is 2.03. The van der Waals surface area contributed by atoms with Gasteiger partial charge in [-0.25, -0.2) is 0 Å². The van der Waals surface area contributed by atoms with E-state index in [4.69, 9.17) is 0 Å². The first-order chi connectivity index (χ1) is 11.2. The van der Waals surface area contributed by atoms with Gasteiger partial charge in [-0.3, -0.25) is 9.79 Å². The summed E-state index contributed by atoms with van der Waals surface area (Å²) in [6, 6.07) is 10.0. The first-order valence-corrected chi connectivity index (χ1v) is 8.39. The molecule has 0 aliphatic heterocycles. The molecule has 0 aliphatic carbocycles. The quantitative estimate of drug-likeness (QED) is 0.266. The fraction of sp³-hybridized carbons (Fsp3) is 0.556. The number of nitrogens with zero attached hydrogens (tertiary/aromatic N) is 2. The summed E-state index contributed by atoms with van der Waals surface area (Å²) in [5.74, 6) is 0.891. The van der Waals surface area contributed by atoms with Gasteiger partial charge in [0.1, 0.15) is 0 Å². The predicted octanol–water partition coefficient (Wildman–Crippen LogP) is 3.01. The van der Waals surface area contributed by atoms with Crippen molar-refractivity contribution in [2.75, 3.05) is 27.2 Å². The number of carbonyl (C=O) groups is 1. The van der Waals surface area contributed by atoms with Crippen molar-refractivity contribution in [1.29, 1.82) is 0 Å². The molecule has 6 heteroatoms. The van der Waals surface area contributed by atoms with E-state index in [1.807, 2.05) is 37.4 Å². The molecule has 0 spiro atoms. The van der Waals surface area contributed by atoms with Crippen LogP contribution in [-0.2, 0) is 11.3 Å². The van der Waals surface area contributed by atoms with Gasteiger partial charge in [-0.1, -0.05) is 50.1 Å². The molecule has 0 heterocycles. The summed E-state index contributed by atoms with van der Waals surface area (Å²) in [4.78, 5) is 18.1. The van der Waals surface area contributed by atoms with Gasteiger partial charge in [-0.2, -0.15) is 0 Å². The normalized spacial score (nSPS) is 10.7. The molecular formula is C18H31IN4O. The summed E-state index contributed by atoms with van der Waals surface area (Å²) >= 11 is 0. The van der Waals surface area contributed by atoms with Gasteiger partial charge < -0.3 is 15.5 Å². The van der Waals surface area contributed by atoms with Crippen LogP contribution in [0.3, 0.4) is 0 Å². The zero-order chi connectivity index (χ0) is 16.9. The second-order valence-corrected chi connectivity index (χ2v) is 5.62. The highest BCUT2D eigenvalue weighted by molar-refractivity contribution is 14.0. The number of benzene rings is 1. The first kappa shape index (κ1) is 22.7. The van der Waals surface area contributed by atoms with E-state index < -0.39 is 0 Å². The second-order valence-electron chi connectivity index (χ2n) is 5.62. The summed E-state index contributed by atoms with van der Waals surface area (Å²) in [5, 5.41) is 6.45. The molecule has 5 nitrogen and oxygen atoms in total. The van der Waals surface area contributed by atoms with E-state index in [0.29, 0.717) is 19.5 Å². The topological polar surface area (TPSA) is 56.7 Å². The molecule has 0 aliphatic rings. The minimum absolute atomic E-state index is 0. The molecule has 0 saturated carbocycles. The SMILES string of the molecule is CCCCCNC(=NC)NCCC(=O)N(C)Cc1ccccc1.I. The van der Waals surface area contributed by atoms with Crippen molar-refractivity contribution in [1.82, 2.24) is 15.5 Å². The molecule has 24 heavy (non-hydrogen) atoms. The molecule has 0 fully saturated rings. The number of nitrogens with one attached hydrogen (secondary N) is 2. The molecule has 0 radical (unpaired) electrons. The summed E-state index contributed by atoms with van der Waals surface area (Å²) in [5.41, 5.74) is 1.14. The Labute approximate surface area is 163 Å². The summed E-state index contributed by atoms with van der Waals surface area (Å²) in [6.07, 6.45) is 4.01. The van der Waals surface area contributed by atoms with Crippen LogP contribution in [0.2, 0.25) is 0 Å². The minimum Gasteiger partial charge on any atom is -0.356 e. The van der Waals surface area contributed by atoms with Gasteiger partial charge in [-0.15, -0.1) is 24.0 Å². The van der Waals surface area contributed by atoms with Crippen molar-refractivity contribution in [3.8, 4) is 0 Å². The zero-order valence-electron chi connectivity index (χ0n) is 15.0. The maximum atomic E-state index is 12.1. The van der Waals surface area contributed by atoms with Crippen LogP contribution < -0.4 is 10.6 Å². The Morgan fingerprint density at radius 2 is 1.79 bits per heavy atom. The Bertz CT molecular complexity index is 479. The van der Waals surface area contributed by atoms with Crippen molar-refractivity contribution in [3.05, 3.63) is 35.9 Å². The number of aliphatic imine (C=N–C) groups is 1. The molecule has 1 aromatic carbocycles. The monoisotopic (exact) mass is 446 g/mol. The average molecular weight is 446 g/mol. The largest absolute Gasteiger partial charge is 0.356 e. The summed E-state index contributed by atoms with van der Waals surface area (Å²) in [6.45, 7) is 4.33. The number of hydrogen-bond donors (Lipinski definition) is 2. The predicted molar refractivity (Wildman–Crippen MR) is 112 cm³/mol.